The van der Waals surface area contributed by atoms with E-state index >= 15 is 0 Å². The number of halogens is 1. The summed E-state index contributed by atoms with van der Waals surface area (Å²) >= 11 is 5.79. The van der Waals surface area contributed by atoms with Crippen LogP contribution in [0.2, 0.25) is 0 Å². The Morgan fingerprint density at radius 1 is 1.38 bits per heavy atom. The number of carbonyl (C=O) groups is 1. The highest BCUT2D eigenvalue weighted by molar-refractivity contribution is 6.69. The quantitative estimate of drug-likeness (QED) is 0.538. The first-order chi connectivity index (χ1) is 10.2. The average Bonchev–Trinajstić information content (AvgIpc) is 2.83. The Bertz CT molecular complexity index is 716. The summed E-state index contributed by atoms with van der Waals surface area (Å²) in [6.45, 7) is 0.958. The lowest BCUT2D eigenvalue weighted by molar-refractivity contribution is 0.0764. The van der Waals surface area contributed by atoms with E-state index in [1.807, 2.05) is 18.2 Å². The van der Waals surface area contributed by atoms with Gasteiger partial charge in [-0.25, -0.2) is 0 Å². The van der Waals surface area contributed by atoms with E-state index < -0.39 is 0 Å². The summed E-state index contributed by atoms with van der Waals surface area (Å²) in [6, 6.07) is 10.8. The Balaban J connectivity index is 1.85. The maximum Gasteiger partial charge on any atom is 0.254 e. The first kappa shape index (κ1) is 13.6. The van der Waals surface area contributed by atoms with Crippen molar-refractivity contribution in [2.45, 2.75) is 13.1 Å². The highest BCUT2D eigenvalue weighted by atomic mass is 35.5. The number of hydrogen-bond acceptors (Lipinski definition) is 4. The Morgan fingerprint density at radius 2 is 2.24 bits per heavy atom. The molecular weight excluding hydrogens is 290 g/mol. The summed E-state index contributed by atoms with van der Waals surface area (Å²) in [7, 11) is 0. The molecule has 1 aliphatic rings. The molecule has 1 aliphatic heterocycles. The normalized spacial score (nSPS) is 14.4. The molecule has 0 aliphatic carbocycles. The summed E-state index contributed by atoms with van der Waals surface area (Å²) < 4.78 is 0. The summed E-state index contributed by atoms with van der Waals surface area (Å²) in [5, 5.41) is 11.7. The number of rotatable bonds is 3. The van der Waals surface area contributed by atoms with Crippen LogP contribution < -0.4 is 0 Å². The van der Waals surface area contributed by atoms with Gasteiger partial charge in [0.15, 0.2) is 5.17 Å². The van der Waals surface area contributed by atoms with Gasteiger partial charge >= 0.3 is 0 Å². The van der Waals surface area contributed by atoms with Crippen LogP contribution in [0.5, 0.6) is 0 Å². The Labute approximate surface area is 126 Å². The number of carbonyl (C=O) groups excluding carboxylic acids is 1. The molecule has 0 spiro atoms. The molecule has 5 nitrogen and oxygen atoms in total. The van der Waals surface area contributed by atoms with E-state index in [0.29, 0.717) is 24.2 Å². The van der Waals surface area contributed by atoms with Crippen molar-refractivity contribution in [2.24, 2.45) is 5.16 Å². The number of amides is 1. The molecule has 21 heavy (non-hydrogen) atoms. The van der Waals surface area contributed by atoms with E-state index in [-0.39, 0.29) is 11.1 Å². The minimum Gasteiger partial charge on any atom is -0.410 e. The zero-order chi connectivity index (χ0) is 14.8. The number of aromatic nitrogens is 1. The van der Waals surface area contributed by atoms with Crippen LogP contribution in [0.1, 0.15) is 27.2 Å². The zero-order valence-electron chi connectivity index (χ0n) is 11.0. The molecule has 1 N–H and O–H groups in total. The molecule has 0 atom stereocenters. The number of pyridine rings is 1. The number of nitrogens with zero attached hydrogens (tertiary/aromatic N) is 3. The molecule has 0 fully saturated rings. The van der Waals surface area contributed by atoms with E-state index in [0.717, 1.165) is 11.3 Å². The molecule has 6 heteroatoms. The molecule has 1 aromatic heterocycles. The van der Waals surface area contributed by atoms with Gasteiger partial charge in [0.2, 0.25) is 0 Å². The van der Waals surface area contributed by atoms with Crippen LogP contribution in [0, 0.1) is 0 Å². The number of hydrogen-bond donors (Lipinski definition) is 1. The Morgan fingerprint density at radius 3 is 2.95 bits per heavy atom. The number of fused-ring (bicyclic) bond motifs is 1. The van der Waals surface area contributed by atoms with Gasteiger partial charge in [0.05, 0.1) is 12.2 Å². The van der Waals surface area contributed by atoms with Crippen LogP contribution in [-0.2, 0) is 13.1 Å². The molecule has 0 saturated heterocycles. The van der Waals surface area contributed by atoms with Crippen LogP contribution in [0.4, 0.5) is 0 Å². The molecular formula is C15H12ClN3O2. The van der Waals surface area contributed by atoms with Gasteiger partial charge in [-0.2, -0.15) is 0 Å². The summed E-state index contributed by atoms with van der Waals surface area (Å²) in [5.41, 5.74) is 2.95. The first-order valence-electron chi connectivity index (χ1n) is 6.39. The van der Waals surface area contributed by atoms with Gasteiger partial charge in [-0.1, -0.05) is 28.9 Å². The van der Waals surface area contributed by atoms with Gasteiger partial charge in [0.25, 0.3) is 5.91 Å². The van der Waals surface area contributed by atoms with Crippen LogP contribution in [0.15, 0.2) is 47.8 Å². The highest BCUT2D eigenvalue weighted by Gasteiger charge is 2.27. The van der Waals surface area contributed by atoms with Crippen LogP contribution in [0.25, 0.3) is 0 Å². The number of oxime groups is 1. The van der Waals surface area contributed by atoms with Crippen molar-refractivity contribution >= 4 is 22.7 Å². The third-order valence-electron chi connectivity index (χ3n) is 3.39. The molecule has 2 aromatic rings. The van der Waals surface area contributed by atoms with Crippen LogP contribution >= 0.6 is 11.6 Å². The fourth-order valence-electron chi connectivity index (χ4n) is 2.38. The second-order valence-corrected chi connectivity index (χ2v) is 5.10. The topological polar surface area (TPSA) is 65.8 Å². The standard InChI is InChI=1S/C15H12ClN3O2/c16-14(18-21)10-4-5-13-11(7-10)8-19(15(13)20)9-12-3-1-2-6-17-12/h1-7,21H,8-9H2. The molecule has 1 amide bonds. The Hall–Kier alpha value is -2.40. The summed E-state index contributed by atoms with van der Waals surface area (Å²) in [4.78, 5) is 18.3. The van der Waals surface area contributed by atoms with Gasteiger partial charge in [-0.3, -0.25) is 9.78 Å². The van der Waals surface area contributed by atoms with Crippen molar-refractivity contribution in [3.63, 3.8) is 0 Å². The molecule has 3 rings (SSSR count). The SMILES string of the molecule is O=C1c2ccc(C(Cl)=NO)cc2CN1Cc1ccccn1. The zero-order valence-corrected chi connectivity index (χ0v) is 11.8. The Kier molecular flexibility index (Phi) is 3.58. The van der Waals surface area contributed by atoms with Crippen LogP contribution in [0.3, 0.4) is 0 Å². The fourth-order valence-corrected chi connectivity index (χ4v) is 2.50. The average molecular weight is 302 g/mol. The third-order valence-corrected chi connectivity index (χ3v) is 3.68. The molecule has 0 radical (unpaired) electrons. The lowest BCUT2D eigenvalue weighted by Crippen LogP contribution is -2.23. The monoisotopic (exact) mass is 301 g/mol. The van der Waals surface area contributed by atoms with Gasteiger partial charge in [0.1, 0.15) is 0 Å². The van der Waals surface area contributed by atoms with Gasteiger partial charge in [-0.05, 0) is 29.8 Å². The van der Waals surface area contributed by atoms with Gasteiger partial charge in [0, 0.05) is 23.9 Å². The van der Waals surface area contributed by atoms with E-state index in [2.05, 4.69) is 10.1 Å². The molecule has 106 valence electrons. The van der Waals surface area contributed by atoms with Crippen LogP contribution in [-0.4, -0.2) is 26.2 Å². The minimum atomic E-state index is -0.0285. The van der Waals surface area contributed by atoms with E-state index in [4.69, 9.17) is 16.8 Å². The molecule has 0 saturated carbocycles. The van der Waals surface area contributed by atoms with E-state index in [1.54, 1.807) is 29.3 Å². The lowest BCUT2D eigenvalue weighted by Gasteiger charge is -2.14. The molecule has 0 bridgehead atoms. The minimum absolute atomic E-state index is 0.00780. The van der Waals surface area contributed by atoms with Gasteiger partial charge < -0.3 is 10.1 Å². The van der Waals surface area contributed by atoms with Crippen molar-refractivity contribution in [3.05, 3.63) is 65.0 Å². The third kappa shape index (κ3) is 2.60. The maximum atomic E-state index is 12.3. The predicted octanol–water partition coefficient (Wildman–Crippen LogP) is 2.61. The molecule has 0 unspecified atom stereocenters. The second-order valence-electron chi connectivity index (χ2n) is 4.75. The maximum absolute atomic E-state index is 12.3. The fraction of sp³-hybridized carbons (Fsp3) is 0.133. The van der Waals surface area contributed by atoms with Gasteiger partial charge in [-0.15, -0.1) is 0 Å². The summed E-state index contributed by atoms with van der Waals surface area (Å²) in [6.07, 6.45) is 1.71. The van der Waals surface area contributed by atoms with E-state index in [9.17, 15) is 4.79 Å². The van der Waals surface area contributed by atoms with Crippen molar-refractivity contribution in [3.8, 4) is 0 Å². The summed E-state index contributed by atoms with van der Waals surface area (Å²) in [5.74, 6) is -0.0285. The van der Waals surface area contributed by atoms with Crippen molar-refractivity contribution < 1.29 is 10.0 Å². The largest absolute Gasteiger partial charge is 0.410 e. The van der Waals surface area contributed by atoms with Crippen molar-refractivity contribution in [1.29, 1.82) is 0 Å². The number of benzene rings is 1. The predicted molar refractivity (Wildman–Crippen MR) is 78.4 cm³/mol. The van der Waals surface area contributed by atoms with E-state index in [1.165, 1.54) is 0 Å². The molecule has 2 heterocycles. The second kappa shape index (κ2) is 5.54. The molecule has 1 aromatic carbocycles. The lowest BCUT2D eigenvalue weighted by atomic mass is 10.1. The van der Waals surface area contributed by atoms with Crippen molar-refractivity contribution in [2.75, 3.05) is 0 Å². The smallest absolute Gasteiger partial charge is 0.254 e. The van der Waals surface area contributed by atoms with Crippen molar-refractivity contribution in [1.82, 2.24) is 9.88 Å². The highest BCUT2D eigenvalue weighted by Crippen LogP contribution is 2.25. The first-order valence-corrected chi connectivity index (χ1v) is 6.77.